The lowest BCUT2D eigenvalue weighted by Gasteiger charge is -2.27. The lowest BCUT2D eigenvalue weighted by molar-refractivity contribution is -0.131. The van der Waals surface area contributed by atoms with Crippen LogP contribution in [0.15, 0.2) is 54.6 Å². The number of likely N-dealkylation sites (tertiary alicyclic amines) is 1. The van der Waals surface area contributed by atoms with Gasteiger partial charge in [0.2, 0.25) is 5.91 Å². The van der Waals surface area contributed by atoms with Gasteiger partial charge in [-0.05, 0) is 49.6 Å². The SMILES string of the molecule is CN(CCc1ccccc1)C1CCC(=O)N(Cc2ccc(F)cc2)CC1. The molecule has 4 heteroatoms. The molecule has 0 radical (unpaired) electrons. The molecule has 0 aromatic heterocycles. The molecular formula is C22H27FN2O. The van der Waals surface area contributed by atoms with E-state index < -0.39 is 0 Å². The smallest absolute Gasteiger partial charge is 0.222 e. The highest BCUT2D eigenvalue weighted by Crippen LogP contribution is 2.19. The fourth-order valence-electron chi connectivity index (χ4n) is 3.57. The lowest BCUT2D eigenvalue weighted by Crippen LogP contribution is -2.34. The van der Waals surface area contributed by atoms with Gasteiger partial charge in [-0.2, -0.15) is 0 Å². The first kappa shape index (κ1) is 18.6. The van der Waals surface area contributed by atoms with Crippen molar-refractivity contribution >= 4 is 5.91 Å². The third-order valence-electron chi connectivity index (χ3n) is 5.28. The summed E-state index contributed by atoms with van der Waals surface area (Å²) in [6, 6.07) is 17.4. The molecule has 138 valence electrons. The molecule has 0 aliphatic carbocycles. The van der Waals surface area contributed by atoms with E-state index in [1.807, 2.05) is 11.0 Å². The first-order valence-corrected chi connectivity index (χ1v) is 9.38. The van der Waals surface area contributed by atoms with E-state index in [1.54, 1.807) is 12.1 Å². The summed E-state index contributed by atoms with van der Waals surface area (Å²) in [4.78, 5) is 16.8. The fraction of sp³-hybridized carbons (Fsp3) is 0.409. The van der Waals surface area contributed by atoms with Crippen LogP contribution in [0.2, 0.25) is 0 Å². The van der Waals surface area contributed by atoms with Gasteiger partial charge in [-0.3, -0.25) is 4.79 Å². The van der Waals surface area contributed by atoms with Gasteiger partial charge in [0.15, 0.2) is 0 Å². The number of carbonyl (C=O) groups excluding carboxylic acids is 1. The van der Waals surface area contributed by atoms with E-state index in [-0.39, 0.29) is 11.7 Å². The Labute approximate surface area is 155 Å². The number of rotatable bonds is 6. The highest BCUT2D eigenvalue weighted by Gasteiger charge is 2.24. The van der Waals surface area contributed by atoms with Gasteiger partial charge in [0.1, 0.15) is 5.82 Å². The molecule has 3 nitrogen and oxygen atoms in total. The average molecular weight is 354 g/mol. The summed E-state index contributed by atoms with van der Waals surface area (Å²) in [5.74, 6) is -0.0377. The van der Waals surface area contributed by atoms with Gasteiger partial charge in [0.05, 0.1) is 0 Å². The van der Waals surface area contributed by atoms with E-state index in [1.165, 1.54) is 17.7 Å². The number of hydrogen-bond donors (Lipinski definition) is 0. The molecule has 0 spiro atoms. The number of benzene rings is 2. The third kappa shape index (κ3) is 5.15. The Morgan fingerprint density at radius 2 is 1.77 bits per heavy atom. The van der Waals surface area contributed by atoms with E-state index in [9.17, 15) is 9.18 Å². The molecule has 1 amide bonds. The van der Waals surface area contributed by atoms with Crippen molar-refractivity contribution in [2.75, 3.05) is 20.1 Å². The topological polar surface area (TPSA) is 23.6 Å². The summed E-state index contributed by atoms with van der Waals surface area (Å²) in [6.07, 6.45) is 3.50. The van der Waals surface area contributed by atoms with Crippen molar-refractivity contribution in [2.45, 2.75) is 38.3 Å². The molecule has 0 saturated carbocycles. The Kier molecular flexibility index (Phi) is 6.40. The van der Waals surface area contributed by atoms with Crippen molar-refractivity contribution in [1.29, 1.82) is 0 Å². The van der Waals surface area contributed by atoms with E-state index in [0.29, 0.717) is 19.0 Å². The minimum absolute atomic E-state index is 0.202. The lowest BCUT2D eigenvalue weighted by atomic mass is 10.1. The van der Waals surface area contributed by atoms with Crippen LogP contribution < -0.4 is 0 Å². The minimum Gasteiger partial charge on any atom is -0.338 e. The summed E-state index contributed by atoms with van der Waals surface area (Å²) in [6.45, 7) is 2.33. The number of halogens is 1. The molecule has 1 heterocycles. The maximum Gasteiger partial charge on any atom is 0.222 e. The van der Waals surface area contributed by atoms with Crippen LogP contribution in [-0.4, -0.2) is 41.9 Å². The molecule has 0 bridgehead atoms. The van der Waals surface area contributed by atoms with Gasteiger partial charge < -0.3 is 9.80 Å². The molecule has 1 aliphatic heterocycles. The van der Waals surface area contributed by atoms with Crippen molar-refractivity contribution < 1.29 is 9.18 Å². The summed E-state index contributed by atoms with van der Waals surface area (Å²) >= 11 is 0. The molecule has 1 saturated heterocycles. The maximum absolute atomic E-state index is 13.1. The first-order valence-electron chi connectivity index (χ1n) is 9.38. The number of likely N-dealkylation sites (N-methyl/N-ethyl adjacent to an activating group) is 1. The summed E-state index contributed by atoms with van der Waals surface area (Å²) in [7, 11) is 2.16. The van der Waals surface area contributed by atoms with Gasteiger partial charge in [0.25, 0.3) is 0 Å². The number of hydrogen-bond acceptors (Lipinski definition) is 2. The van der Waals surface area contributed by atoms with Crippen LogP contribution in [0.3, 0.4) is 0 Å². The fourth-order valence-corrected chi connectivity index (χ4v) is 3.57. The predicted octanol–water partition coefficient (Wildman–Crippen LogP) is 3.88. The zero-order valence-electron chi connectivity index (χ0n) is 15.4. The van der Waals surface area contributed by atoms with E-state index >= 15 is 0 Å². The Morgan fingerprint density at radius 1 is 1.04 bits per heavy atom. The molecule has 1 unspecified atom stereocenters. The largest absolute Gasteiger partial charge is 0.338 e. The molecule has 1 aliphatic rings. The van der Waals surface area contributed by atoms with Crippen LogP contribution in [0, 0.1) is 5.82 Å². The normalized spacial score (nSPS) is 18.2. The van der Waals surface area contributed by atoms with Gasteiger partial charge in [-0.1, -0.05) is 42.5 Å². The zero-order chi connectivity index (χ0) is 18.4. The van der Waals surface area contributed by atoms with E-state index in [0.717, 1.165) is 37.9 Å². The van der Waals surface area contributed by atoms with Crippen LogP contribution in [0.4, 0.5) is 4.39 Å². The zero-order valence-corrected chi connectivity index (χ0v) is 15.4. The molecular weight excluding hydrogens is 327 g/mol. The predicted molar refractivity (Wildman–Crippen MR) is 102 cm³/mol. The molecule has 0 N–H and O–H groups in total. The molecule has 26 heavy (non-hydrogen) atoms. The number of nitrogens with zero attached hydrogens (tertiary/aromatic N) is 2. The Hall–Kier alpha value is -2.20. The molecule has 3 rings (SSSR count). The van der Waals surface area contributed by atoms with Crippen LogP contribution in [0.1, 0.15) is 30.4 Å². The van der Waals surface area contributed by atoms with Gasteiger partial charge >= 0.3 is 0 Å². The van der Waals surface area contributed by atoms with Crippen molar-refractivity contribution in [3.05, 3.63) is 71.5 Å². The van der Waals surface area contributed by atoms with Crippen LogP contribution >= 0.6 is 0 Å². The van der Waals surface area contributed by atoms with Gasteiger partial charge in [0, 0.05) is 32.1 Å². The Balaban J connectivity index is 1.52. The second-order valence-electron chi connectivity index (χ2n) is 7.14. The van der Waals surface area contributed by atoms with E-state index in [4.69, 9.17) is 0 Å². The van der Waals surface area contributed by atoms with Crippen molar-refractivity contribution in [3.8, 4) is 0 Å². The second-order valence-corrected chi connectivity index (χ2v) is 7.14. The standard InChI is InChI=1S/C22H27FN2O/c1-24(15-13-18-5-3-2-4-6-18)21-11-12-22(26)25(16-14-21)17-19-7-9-20(23)10-8-19/h2-10,21H,11-17H2,1H3. The van der Waals surface area contributed by atoms with Crippen LogP contribution in [0.5, 0.6) is 0 Å². The van der Waals surface area contributed by atoms with Crippen molar-refractivity contribution in [2.24, 2.45) is 0 Å². The average Bonchev–Trinajstić information content (AvgIpc) is 2.84. The molecule has 2 aromatic carbocycles. The van der Waals surface area contributed by atoms with Crippen LogP contribution in [0.25, 0.3) is 0 Å². The van der Waals surface area contributed by atoms with Crippen molar-refractivity contribution in [3.63, 3.8) is 0 Å². The molecule has 1 atom stereocenters. The van der Waals surface area contributed by atoms with Gasteiger partial charge in [-0.25, -0.2) is 4.39 Å². The Bertz CT molecular complexity index is 702. The Morgan fingerprint density at radius 3 is 2.50 bits per heavy atom. The second kappa shape index (κ2) is 8.95. The molecule has 1 fully saturated rings. The maximum atomic E-state index is 13.1. The van der Waals surface area contributed by atoms with Crippen molar-refractivity contribution in [1.82, 2.24) is 9.80 Å². The highest BCUT2D eigenvalue weighted by molar-refractivity contribution is 5.76. The first-order chi connectivity index (χ1) is 12.6. The number of carbonyl (C=O) groups is 1. The minimum atomic E-state index is -0.240. The monoisotopic (exact) mass is 354 g/mol. The molecule has 2 aromatic rings. The number of amides is 1. The summed E-state index contributed by atoms with van der Waals surface area (Å²) < 4.78 is 13.1. The van der Waals surface area contributed by atoms with E-state index in [2.05, 4.69) is 36.2 Å². The van der Waals surface area contributed by atoms with Gasteiger partial charge in [-0.15, -0.1) is 0 Å². The quantitative estimate of drug-likeness (QED) is 0.786. The highest BCUT2D eigenvalue weighted by atomic mass is 19.1. The summed E-state index contributed by atoms with van der Waals surface area (Å²) in [5, 5.41) is 0. The third-order valence-corrected chi connectivity index (χ3v) is 5.28. The summed E-state index contributed by atoms with van der Waals surface area (Å²) in [5.41, 5.74) is 2.33. The van der Waals surface area contributed by atoms with Crippen LogP contribution in [-0.2, 0) is 17.8 Å².